The van der Waals surface area contributed by atoms with Gasteiger partial charge >= 0.3 is 11.9 Å². The molecule has 0 heterocycles. The first-order valence-electron chi connectivity index (χ1n) is 24.8. The predicted molar refractivity (Wildman–Crippen MR) is 251 cm³/mol. The highest BCUT2D eigenvalue weighted by molar-refractivity contribution is 5.69. The number of allylic oxidation sites excluding steroid dienone is 10. The molecule has 0 aromatic heterocycles. The SMILES string of the molecule is CC/C=C\C/C=C\C/C=C\C/C=C\CCCCC(=O)OC[C@H](COC(=O)CCCCCCC/C=C\CCCC)OCCCCCCCCCCCCCCCCCC. The van der Waals surface area contributed by atoms with Crippen molar-refractivity contribution in [1.29, 1.82) is 0 Å². The number of unbranched alkanes of at least 4 members (excludes halogenated alkanes) is 24. The minimum atomic E-state index is -0.418. The molecule has 0 aliphatic rings. The van der Waals surface area contributed by atoms with E-state index in [4.69, 9.17) is 14.2 Å². The third kappa shape index (κ3) is 46.3. The van der Waals surface area contributed by atoms with E-state index in [9.17, 15) is 9.59 Å². The molecule has 1 atom stereocenters. The quantitative estimate of drug-likeness (QED) is 0.0348. The lowest BCUT2D eigenvalue weighted by Gasteiger charge is -2.18. The molecule has 0 N–H and O–H groups in total. The van der Waals surface area contributed by atoms with Crippen LogP contribution in [0, 0.1) is 0 Å². The van der Waals surface area contributed by atoms with E-state index in [1.807, 2.05) is 0 Å². The number of hydrogen-bond donors (Lipinski definition) is 0. The van der Waals surface area contributed by atoms with Crippen LogP contribution in [-0.4, -0.2) is 37.9 Å². The fourth-order valence-electron chi connectivity index (χ4n) is 6.81. The Morgan fingerprint density at radius 3 is 1.21 bits per heavy atom. The second-order valence-corrected chi connectivity index (χ2v) is 16.3. The maximum Gasteiger partial charge on any atom is 0.305 e. The zero-order valence-corrected chi connectivity index (χ0v) is 38.6. The van der Waals surface area contributed by atoms with Crippen molar-refractivity contribution in [2.45, 2.75) is 245 Å². The maximum absolute atomic E-state index is 12.6. The summed E-state index contributed by atoms with van der Waals surface area (Å²) in [5, 5.41) is 0. The molecule has 0 unspecified atom stereocenters. The summed E-state index contributed by atoms with van der Waals surface area (Å²) in [6.45, 7) is 7.54. The number of ether oxygens (including phenoxy) is 3. The number of hydrogen-bond acceptors (Lipinski definition) is 5. The Hall–Kier alpha value is -2.40. The van der Waals surface area contributed by atoms with Gasteiger partial charge in [-0.2, -0.15) is 0 Å². The molecule has 0 aromatic carbocycles. The fourth-order valence-corrected chi connectivity index (χ4v) is 6.81. The summed E-state index contributed by atoms with van der Waals surface area (Å²) in [5.74, 6) is -0.388. The molecular weight excluding hydrogens is 717 g/mol. The normalized spacial score (nSPS) is 12.7. The zero-order chi connectivity index (χ0) is 42.1. The molecule has 0 radical (unpaired) electrons. The topological polar surface area (TPSA) is 61.8 Å². The number of carbonyl (C=O) groups is 2. The highest BCUT2D eigenvalue weighted by Gasteiger charge is 2.16. The molecule has 0 aliphatic carbocycles. The van der Waals surface area contributed by atoms with Gasteiger partial charge in [0, 0.05) is 19.4 Å². The number of rotatable bonds is 45. The monoisotopic (exact) mass is 811 g/mol. The van der Waals surface area contributed by atoms with Crippen molar-refractivity contribution in [3.8, 4) is 0 Å². The van der Waals surface area contributed by atoms with Gasteiger partial charge in [0.25, 0.3) is 0 Å². The molecule has 0 saturated heterocycles. The Kier molecular flexibility index (Phi) is 46.9. The second-order valence-electron chi connectivity index (χ2n) is 16.3. The highest BCUT2D eigenvalue weighted by Crippen LogP contribution is 2.15. The number of esters is 2. The van der Waals surface area contributed by atoms with Gasteiger partial charge < -0.3 is 14.2 Å². The van der Waals surface area contributed by atoms with Gasteiger partial charge in [0.05, 0.1) is 0 Å². The van der Waals surface area contributed by atoms with Crippen LogP contribution >= 0.6 is 0 Å². The Balaban J connectivity index is 4.30. The van der Waals surface area contributed by atoms with Crippen molar-refractivity contribution in [2.24, 2.45) is 0 Å². The first-order valence-corrected chi connectivity index (χ1v) is 24.8. The summed E-state index contributed by atoms with van der Waals surface area (Å²) >= 11 is 0. The molecule has 0 aliphatic heterocycles. The summed E-state index contributed by atoms with van der Waals surface area (Å²) in [5.41, 5.74) is 0. The maximum atomic E-state index is 12.6. The predicted octanol–water partition coefficient (Wildman–Crippen LogP) is 16.6. The van der Waals surface area contributed by atoms with E-state index >= 15 is 0 Å². The average Bonchev–Trinajstić information content (AvgIpc) is 3.23. The van der Waals surface area contributed by atoms with Crippen LogP contribution in [0.4, 0.5) is 0 Å². The minimum absolute atomic E-state index is 0.134. The molecule has 5 nitrogen and oxygen atoms in total. The Morgan fingerprint density at radius 2 is 0.724 bits per heavy atom. The molecule has 0 rings (SSSR count). The van der Waals surface area contributed by atoms with Crippen molar-refractivity contribution in [3.05, 3.63) is 60.8 Å². The van der Waals surface area contributed by atoms with E-state index in [0.717, 1.165) is 83.5 Å². The van der Waals surface area contributed by atoms with Crippen molar-refractivity contribution in [3.63, 3.8) is 0 Å². The molecule has 0 saturated carbocycles. The first kappa shape index (κ1) is 55.6. The van der Waals surface area contributed by atoms with Crippen molar-refractivity contribution >= 4 is 11.9 Å². The van der Waals surface area contributed by atoms with E-state index in [0.29, 0.717) is 19.4 Å². The summed E-state index contributed by atoms with van der Waals surface area (Å²) in [6.07, 6.45) is 61.1. The molecule has 0 spiro atoms. The number of carbonyl (C=O) groups excluding carboxylic acids is 2. The lowest BCUT2D eigenvalue weighted by molar-refractivity contribution is -0.155. The van der Waals surface area contributed by atoms with Gasteiger partial charge in [-0.05, 0) is 77.0 Å². The van der Waals surface area contributed by atoms with Crippen LogP contribution in [0.25, 0.3) is 0 Å². The minimum Gasteiger partial charge on any atom is -0.463 e. The van der Waals surface area contributed by atoms with E-state index in [1.165, 1.54) is 122 Å². The van der Waals surface area contributed by atoms with Gasteiger partial charge in [-0.3, -0.25) is 9.59 Å². The van der Waals surface area contributed by atoms with Gasteiger partial charge in [0.1, 0.15) is 19.3 Å². The molecule has 0 aromatic rings. The van der Waals surface area contributed by atoms with E-state index < -0.39 is 6.10 Å². The van der Waals surface area contributed by atoms with Crippen LogP contribution in [-0.2, 0) is 23.8 Å². The Labute approximate surface area is 360 Å². The Bertz CT molecular complexity index is 1010. The lowest BCUT2D eigenvalue weighted by atomic mass is 10.0. The molecular formula is C53H94O5. The van der Waals surface area contributed by atoms with Crippen LogP contribution < -0.4 is 0 Å². The average molecular weight is 811 g/mol. The van der Waals surface area contributed by atoms with E-state index in [2.05, 4.69) is 81.5 Å². The molecule has 5 heteroatoms. The van der Waals surface area contributed by atoms with Crippen LogP contribution in [0.15, 0.2) is 60.8 Å². The summed E-state index contributed by atoms with van der Waals surface area (Å²) in [7, 11) is 0. The van der Waals surface area contributed by atoms with Gasteiger partial charge in [-0.25, -0.2) is 0 Å². The van der Waals surface area contributed by atoms with Gasteiger partial charge in [0.2, 0.25) is 0 Å². The highest BCUT2D eigenvalue weighted by atomic mass is 16.6. The summed E-state index contributed by atoms with van der Waals surface area (Å²) < 4.78 is 17.4. The zero-order valence-electron chi connectivity index (χ0n) is 38.6. The smallest absolute Gasteiger partial charge is 0.305 e. The van der Waals surface area contributed by atoms with E-state index in [-0.39, 0.29) is 25.2 Å². The lowest BCUT2D eigenvalue weighted by Crippen LogP contribution is -2.29. The Morgan fingerprint density at radius 1 is 0.379 bits per heavy atom. The fraction of sp³-hybridized carbons (Fsp3) is 0.774. The second kappa shape index (κ2) is 49.0. The van der Waals surface area contributed by atoms with Crippen LogP contribution in [0.1, 0.15) is 239 Å². The van der Waals surface area contributed by atoms with Crippen molar-refractivity contribution in [2.75, 3.05) is 19.8 Å². The van der Waals surface area contributed by atoms with Gasteiger partial charge in [-0.15, -0.1) is 0 Å². The standard InChI is InChI=1S/C53H94O5/c1-4-7-10-13-16-19-22-24-26-28-30-33-36-39-42-45-48-56-51(49-57-52(54)46-43-40-37-34-31-21-18-15-12-9-6-3)50-58-53(55)47-44-41-38-35-32-29-27-25-23-20-17-14-11-8-5-2/h8,11,15,17-18,20,25,27,32,35,51H,4-7,9-10,12-14,16,19,21-24,26,28-31,33-34,36-50H2,1-3H3/b11-8-,18-15-,20-17-,27-25-,35-32-/t51-/m0/s1. The largest absolute Gasteiger partial charge is 0.463 e. The van der Waals surface area contributed by atoms with Crippen LogP contribution in [0.3, 0.4) is 0 Å². The molecule has 336 valence electrons. The summed E-state index contributed by atoms with van der Waals surface area (Å²) in [6, 6.07) is 0. The third-order valence-corrected chi connectivity index (χ3v) is 10.6. The molecule has 0 bridgehead atoms. The summed E-state index contributed by atoms with van der Waals surface area (Å²) in [4.78, 5) is 25.1. The van der Waals surface area contributed by atoms with Gasteiger partial charge in [0.15, 0.2) is 0 Å². The van der Waals surface area contributed by atoms with Crippen LogP contribution in [0.2, 0.25) is 0 Å². The van der Waals surface area contributed by atoms with Gasteiger partial charge in [-0.1, -0.05) is 210 Å². The van der Waals surface area contributed by atoms with Crippen LogP contribution in [0.5, 0.6) is 0 Å². The molecule has 58 heavy (non-hydrogen) atoms. The van der Waals surface area contributed by atoms with Crippen molar-refractivity contribution < 1.29 is 23.8 Å². The van der Waals surface area contributed by atoms with E-state index in [1.54, 1.807) is 0 Å². The molecule has 0 amide bonds. The molecule has 0 fully saturated rings. The first-order chi connectivity index (χ1) is 28.6. The third-order valence-electron chi connectivity index (χ3n) is 10.6. The van der Waals surface area contributed by atoms with Crippen molar-refractivity contribution in [1.82, 2.24) is 0 Å².